The van der Waals surface area contributed by atoms with Gasteiger partial charge in [-0.3, -0.25) is 4.90 Å². The van der Waals surface area contributed by atoms with Gasteiger partial charge in [0.15, 0.2) is 0 Å². The van der Waals surface area contributed by atoms with Crippen LogP contribution in [0.2, 0.25) is 6.04 Å². The highest BCUT2D eigenvalue weighted by Crippen LogP contribution is 2.22. The maximum absolute atomic E-state index is 5.95. The third kappa shape index (κ3) is 2.84. The summed E-state index contributed by atoms with van der Waals surface area (Å²) in [6, 6.07) is 4.70. The van der Waals surface area contributed by atoms with Crippen molar-refractivity contribution in [2.45, 2.75) is 12.5 Å². The van der Waals surface area contributed by atoms with E-state index in [4.69, 9.17) is 17.7 Å². The normalized spacial score (nSPS) is 32.8. The molecular weight excluding hydrogens is 250 g/mol. The van der Waals surface area contributed by atoms with E-state index in [1.165, 1.54) is 0 Å². The van der Waals surface area contributed by atoms with E-state index in [9.17, 15) is 0 Å². The molecule has 0 N–H and O–H groups in total. The van der Waals surface area contributed by atoms with Gasteiger partial charge in [0.2, 0.25) is 0 Å². The Morgan fingerprint density at radius 1 is 1.06 bits per heavy atom. The number of rotatable bonds is 3. The van der Waals surface area contributed by atoms with Crippen LogP contribution in [-0.2, 0) is 19.7 Å². The molecule has 4 heterocycles. The van der Waals surface area contributed by atoms with Crippen LogP contribution < -0.4 is 0 Å². The molecule has 0 aromatic carbocycles. The van der Waals surface area contributed by atoms with Gasteiger partial charge >= 0.3 is 8.80 Å². The van der Waals surface area contributed by atoms with Crippen LogP contribution >= 0.6 is 0 Å². The van der Waals surface area contributed by atoms with Gasteiger partial charge in [0, 0.05) is 32.1 Å². The molecule has 5 nitrogen and oxygen atoms in total. The Hall–Kier alpha value is -0.663. The standard InChI is InChI=1S/C12H19NO4Si/c1-2-12(14-7-1)3-11-18-15-8-4-13(5-9-16-18)6-10-17-18/h1-2,7H,3-6,8-11H2. The molecule has 1 aromatic heterocycles. The molecule has 3 aliphatic heterocycles. The first-order valence-corrected chi connectivity index (χ1v) is 8.46. The third-order valence-corrected chi connectivity index (χ3v) is 6.24. The van der Waals surface area contributed by atoms with E-state index in [1.807, 2.05) is 12.1 Å². The quantitative estimate of drug-likeness (QED) is 0.770. The first-order valence-electron chi connectivity index (χ1n) is 6.53. The minimum Gasteiger partial charge on any atom is -0.469 e. The summed E-state index contributed by atoms with van der Waals surface area (Å²) in [5.41, 5.74) is 0. The molecule has 0 radical (unpaired) electrons. The molecular formula is C12H19NO4Si. The SMILES string of the molecule is c1coc(CC[Si]23OCCN(CCO2)CCO3)c1. The summed E-state index contributed by atoms with van der Waals surface area (Å²) in [5, 5.41) is 0. The second-order valence-electron chi connectivity index (χ2n) is 4.65. The van der Waals surface area contributed by atoms with Gasteiger partial charge in [0.1, 0.15) is 5.76 Å². The average molecular weight is 269 g/mol. The zero-order valence-corrected chi connectivity index (χ0v) is 11.5. The molecule has 0 amide bonds. The average Bonchev–Trinajstić information content (AvgIpc) is 2.79. The molecule has 100 valence electrons. The first kappa shape index (κ1) is 12.4. The Morgan fingerprint density at radius 2 is 1.72 bits per heavy atom. The largest absolute Gasteiger partial charge is 0.501 e. The molecule has 18 heavy (non-hydrogen) atoms. The van der Waals surface area contributed by atoms with Crippen molar-refractivity contribution < 1.29 is 17.7 Å². The highest BCUT2D eigenvalue weighted by molar-refractivity contribution is 6.60. The maximum atomic E-state index is 5.95. The van der Waals surface area contributed by atoms with Crippen molar-refractivity contribution in [1.82, 2.24) is 4.90 Å². The molecule has 3 fully saturated rings. The van der Waals surface area contributed by atoms with E-state index in [1.54, 1.807) is 6.26 Å². The Morgan fingerprint density at radius 3 is 2.28 bits per heavy atom. The summed E-state index contributed by atoms with van der Waals surface area (Å²) in [4.78, 5) is 2.32. The van der Waals surface area contributed by atoms with E-state index in [2.05, 4.69) is 4.90 Å². The van der Waals surface area contributed by atoms with Crippen LogP contribution in [0.15, 0.2) is 22.8 Å². The number of fused-ring (bicyclic) bond motifs is 6. The van der Waals surface area contributed by atoms with Crippen molar-refractivity contribution in [1.29, 1.82) is 0 Å². The minimum absolute atomic E-state index is 0.713. The fourth-order valence-electron chi connectivity index (χ4n) is 2.40. The molecule has 3 saturated heterocycles. The van der Waals surface area contributed by atoms with Crippen LogP contribution in [0.25, 0.3) is 0 Å². The van der Waals surface area contributed by atoms with Gasteiger partial charge in [-0.15, -0.1) is 0 Å². The Balaban J connectivity index is 1.65. The summed E-state index contributed by atoms with van der Waals surface area (Å²) in [6.07, 6.45) is 2.52. The lowest BCUT2D eigenvalue weighted by molar-refractivity contribution is -0.00836. The van der Waals surface area contributed by atoms with E-state index < -0.39 is 8.80 Å². The lowest BCUT2D eigenvalue weighted by Gasteiger charge is -2.38. The summed E-state index contributed by atoms with van der Waals surface area (Å²) in [7, 11) is -2.47. The molecule has 0 saturated carbocycles. The van der Waals surface area contributed by atoms with Crippen LogP contribution in [-0.4, -0.2) is 53.2 Å². The van der Waals surface area contributed by atoms with Gasteiger partial charge in [-0.2, -0.15) is 0 Å². The fraction of sp³-hybridized carbons (Fsp3) is 0.667. The number of nitrogens with zero attached hydrogens (tertiary/aromatic N) is 1. The Kier molecular flexibility index (Phi) is 3.81. The maximum Gasteiger partial charge on any atom is 0.501 e. The number of furan rings is 1. The van der Waals surface area contributed by atoms with Gasteiger partial charge in [-0.1, -0.05) is 0 Å². The third-order valence-electron chi connectivity index (χ3n) is 3.45. The smallest absolute Gasteiger partial charge is 0.469 e. The lowest BCUT2D eigenvalue weighted by Crippen LogP contribution is -2.55. The van der Waals surface area contributed by atoms with Gasteiger partial charge in [-0.25, -0.2) is 0 Å². The summed E-state index contributed by atoms with van der Waals surface area (Å²) >= 11 is 0. The summed E-state index contributed by atoms with van der Waals surface area (Å²) in [5.74, 6) is 0.971. The van der Waals surface area contributed by atoms with Crippen molar-refractivity contribution in [2.24, 2.45) is 0 Å². The van der Waals surface area contributed by atoms with Crippen molar-refractivity contribution in [3.8, 4) is 0 Å². The van der Waals surface area contributed by atoms with Gasteiger partial charge in [0.25, 0.3) is 0 Å². The zero-order chi connectivity index (χ0) is 12.3. The predicted molar refractivity (Wildman–Crippen MR) is 67.3 cm³/mol. The van der Waals surface area contributed by atoms with Crippen molar-refractivity contribution in [3.05, 3.63) is 24.2 Å². The Labute approximate surface area is 108 Å². The number of hydrogen-bond donors (Lipinski definition) is 0. The molecule has 0 spiro atoms. The number of hydrogen-bond acceptors (Lipinski definition) is 5. The fourth-order valence-corrected chi connectivity index (χ4v) is 4.84. The molecule has 0 unspecified atom stereocenters. The minimum atomic E-state index is -2.47. The van der Waals surface area contributed by atoms with Crippen molar-refractivity contribution in [2.75, 3.05) is 39.5 Å². The van der Waals surface area contributed by atoms with Crippen LogP contribution in [0.3, 0.4) is 0 Å². The van der Waals surface area contributed by atoms with Gasteiger partial charge in [-0.05, 0) is 12.1 Å². The van der Waals surface area contributed by atoms with Gasteiger partial charge < -0.3 is 17.7 Å². The summed E-state index contributed by atoms with van der Waals surface area (Å²) in [6.45, 7) is 5.10. The molecule has 4 rings (SSSR count). The Bertz CT molecular complexity index is 344. The molecule has 1 aromatic rings. The zero-order valence-electron chi connectivity index (χ0n) is 10.5. The second kappa shape index (κ2) is 5.54. The highest BCUT2D eigenvalue weighted by Gasteiger charge is 2.43. The monoisotopic (exact) mass is 269 g/mol. The van der Waals surface area contributed by atoms with E-state index >= 15 is 0 Å². The molecule has 6 heteroatoms. The van der Waals surface area contributed by atoms with Crippen molar-refractivity contribution >= 4 is 8.80 Å². The first-order chi connectivity index (χ1) is 8.86. The van der Waals surface area contributed by atoms with E-state index in [-0.39, 0.29) is 0 Å². The molecule has 0 aliphatic carbocycles. The van der Waals surface area contributed by atoms with Crippen molar-refractivity contribution in [3.63, 3.8) is 0 Å². The number of aryl methyl sites for hydroxylation is 1. The van der Waals surface area contributed by atoms with Crippen LogP contribution in [0.4, 0.5) is 0 Å². The second-order valence-corrected chi connectivity index (χ2v) is 7.38. The molecule has 0 atom stereocenters. The molecule has 2 bridgehead atoms. The van der Waals surface area contributed by atoms with Crippen LogP contribution in [0.5, 0.6) is 0 Å². The van der Waals surface area contributed by atoms with Crippen LogP contribution in [0.1, 0.15) is 5.76 Å². The van der Waals surface area contributed by atoms with Gasteiger partial charge in [0.05, 0.1) is 26.1 Å². The van der Waals surface area contributed by atoms with E-state index in [0.717, 1.165) is 37.9 Å². The highest BCUT2D eigenvalue weighted by atomic mass is 28.4. The molecule has 3 aliphatic rings. The summed E-state index contributed by atoms with van der Waals surface area (Å²) < 4.78 is 23.2. The lowest BCUT2D eigenvalue weighted by atomic mass is 10.4. The van der Waals surface area contributed by atoms with E-state index in [0.29, 0.717) is 19.8 Å². The topological polar surface area (TPSA) is 44.1 Å². The van der Waals surface area contributed by atoms with Crippen LogP contribution in [0, 0.1) is 0 Å². The predicted octanol–water partition coefficient (Wildman–Crippen LogP) is 1.14.